The minimum Gasteiger partial charge on any atom is -0.456 e. The number of aromatic nitrogens is 3. The maximum absolute atomic E-state index is 6.18. The van der Waals surface area contributed by atoms with Crippen molar-refractivity contribution in [2.75, 3.05) is 0 Å². The fourth-order valence-corrected chi connectivity index (χ4v) is 7.13. The largest absolute Gasteiger partial charge is 0.456 e. The van der Waals surface area contributed by atoms with Crippen molar-refractivity contribution in [3.8, 4) is 56.4 Å². The summed E-state index contributed by atoms with van der Waals surface area (Å²) in [7, 11) is 0. The Labute approximate surface area is 294 Å². The highest BCUT2D eigenvalue weighted by molar-refractivity contribution is 6.13. The van der Waals surface area contributed by atoms with E-state index in [2.05, 4.69) is 152 Å². The van der Waals surface area contributed by atoms with Gasteiger partial charge in [0.15, 0.2) is 17.5 Å². The number of hydrogen-bond acceptors (Lipinski definition) is 4. The highest BCUT2D eigenvalue weighted by Crippen LogP contribution is 2.38. The van der Waals surface area contributed by atoms with Crippen LogP contribution in [-0.4, -0.2) is 15.0 Å². The third-order valence-electron chi connectivity index (χ3n) is 9.68. The average Bonchev–Trinajstić information content (AvgIpc) is 3.59. The Morgan fingerprint density at radius 2 is 0.824 bits per heavy atom. The van der Waals surface area contributed by atoms with Gasteiger partial charge in [0.05, 0.1) is 0 Å². The molecule has 0 unspecified atom stereocenters. The molecule has 4 nitrogen and oxygen atoms in total. The third kappa shape index (κ3) is 5.22. The van der Waals surface area contributed by atoms with E-state index >= 15 is 0 Å². The number of benzene rings is 8. The lowest BCUT2D eigenvalue weighted by Crippen LogP contribution is -2.00. The molecule has 10 aromatic rings. The number of nitrogens with zero attached hydrogens (tertiary/aromatic N) is 3. The molecule has 0 fully saturated rings. The molecule has 51 heavy (non-hydrogen) atoms. The summed E-state index contributed by atoms with van der Waals surface area (Å²) in [5, 5.41) is 6.84. The maximum atomic E-state index is 6.18. The number of rotatable bonds is 5. The van der Waals surface area contributed by atoms with Crippen LogP contribution < -0.4 is 0 Å². The predicted octanol–water partition coefficient (Wildman–Crippen LogP) is 12.4. The Kier molecular flexibility index (Phi) is 6.78. The number of fused-ring (bicyclic) bond motifs is 5. The van der Waals surface area contributed by atoms with Gasteiger partial charge in [0.25, 0.3) is 0 Å². The second-order valence-electron chi connectivity index (χ2n) is 12.9. The van der Waals surface area contributed by atoms with Crippen LogP contribution in [0.4, 0.5) is 0 Å². The minimum atomic E-state index is 0.633. The lowest BCUT2D eigenvalue weighted by atomic mass is 9.96. The standard InChI is InChI=1S/C47H29N3O/c1-2-10-30(11-3-1)33-14-8-15-37(27-33)45-48-46(38-24-20-31-12-4-5-13-32(31)28-38)50-47(49-45)39-25-22-34-26-36(23-21-35(34)29-39)40-17-9-19-43-44(40)41-16-6-7-18-42(41)51-43/h1-29H. The van der Waals surface area contributed by atoms with E-state index in [1.165, 1.54) is 5.39 Å². The summed E-state index contributed by atoms with van der Waals surface area (Å²) in [6.07, 6.45) is 0. The third-order valence-corrected chi connectivity index (χ3v) is 9.68. The van der Waals surface area contributed by atoms with Crippen molar-refractivity contribution in [3.05, 3.63) is 176 Å². The first-order valence-corrected chi connectivity index (χ1v) is 17.1. The van der Waals surface area contributed by atoms with Gasteiger partial charge in [-0.15, -0.1) is 0 Å². The molecular formula is C47H29N3O. The highest BCUT2D eigenvalue weighted by Gasteiger charge is 2.16. The Balaban J connectivity index is 1.10. The fourth-order valence-electron chi connectivity index (χ4n) is 7.13. The van der Waals surface area contributed by atoms with Gasteiger partial charge in [0.1, 0.15) is 11.2 Å². The number of furan rings is 1. The van der Waals surface area contributed by atoms with E-state index in [1.54, 1.807) is 0 Å². The van der Waals surface area contributed by atoms with Crippen LogP contribution in [0.1, 0.15) is 0 Å². The first-order chi connectivity index (χ1) is 25.2. The lowest BCUT2D eigenvalue weighted by molar-refractivity contribution is 0.669. The van der Waals surface area contributed by atoms with E-state index in [1.807, 2.05) is 24.3 Å². The van der Waals surface area contributed by atoms with E-state index in [0.717, 1.165) is 77.0 Å². The molecule has 0 N–H and O–H groups in total. The molecule has 0 atom stereocenters. The van der Waals surface area contributed by atoms with Crippen LogP contribution >= 0.6 is 0 Å². The van der Waals surface area contributed by atoms with Crippen LogP contribution in [0.15, 0.2) is 180 Å². The minimum absolute atomic E-state index is 0.633. The zero-order chi connectivity index (χ0) is 33.7. The summed E-state index contributed by atoms with van der Waals surface area (Å²) in [5.41, 5.74) is 9.18. The molecule has 2 aromatic heterocycles. The van der Waals surface area contributed by atoms with Gasteiger partial charge in [-0.25, -0.2) is 15.0 Å². The van der Waals surface area contributed by atoms with Gasteiger partial charge in [-0.1, -0.05) is 140 Å². The molecule has 0 saturated heterocycles. The summed E-state index contributed by atoms with van der Waals surface area (Å²) in [6.45, 7) is 0. The van der Waals surface area contributed by atoms with Gasteiger partial charge in [-0.2, -0.15) is 0 Å². The van der Waals surface area contributed by atoms with Gasteiger partial charge in [-0.05, 0) is 80.2 Å². The van der Waals surface area contributed by atoms with Crippen LogP contribution in [0.3, 0.4) is 0 Å². The summed E-state index contributed by atoms with van der Waals surface area (Å²) < 4.78 is 6.18. The molecule has 8 aromatic carbocycles. The average molecular weight is 652 g/mol. The van der Waals surface area contributed by atoms with Crippen molar-refractivity contribution < 1.29 is 4.42 Å². The van der Waals surface area contributed by atoms with E-state index in [-0.39, 0.29) is 0 Å². The normalized spacial score (nSPS) is 11.5. The lowest BCUT2D eigenvalue weighted by Gasteiger charge is -2.11. The molecule has 0 radical (unpaired) electrons. The van der Waals surface area contributed by atoms with Crippen molar-refractivity contribution in [3.63, 3.8) is 0 Å². The van der Waals surface area contributed by atoms with Crippen molar-refractivity contribution >= 4 is 43.5 Å². The number of para-hydroxylation sites is 1. The molecule has 10 rings (SSSR count). The molecule has 0 aliphatic heterocycles. The van der Waals surface area contributed by atoms with Crippen LogP contribution in [0, 0.1) is 0 Å². The number of hydrogen-bond donors (Lipinski definition) is 0. The van der Waals surface area contributed by atoms with Gasteiger partial charge < -0.3 is 4.42 Å². The quantitative estimate of drug-likeness (QED) is 0.186. The fraction of sp³-hybridized carbons (Fsp3) is 0. The van der Waals surface area contributed by atoms with Crippen LogP contribution in [-0.2, 0) is 0 Å². The molecule has 0 amide bonds. The maximum Gasteiger partial charge on any atom is 0.164 e. The smallest absolute Gasteiger partial charge is 0.164 e. The Morgan fingerprint density at radius 1 is 0.314 bits per heavy atom. The molecule has 2 heterocycles. The van der Waals surface area contributed by atoms with E-state index < -0.39 is 0 Å². The Morgan fingerprint density at radius 3 is 1.59 bits per heavy atom. The second-order valence-corrected chi connectivity index (χ2v) is 12.9. The highest BCUT2D eigenvalue weighted by atomic mass is 16.3. The summed E-state index contributed by atoms with van der Waals surface area (Å²) >= 11 is 0. The molecule has 0 aliphatic rings. The molecule has 0 bridgehead atoms. The van der Waals surface area contributed by atoms with Crippen molar-refractivity contribution in [1.82, 2.24) is 15.0 Å². The summed E-state index contributed by atoms with van der Waals surface area (Å²) in [6, 6.07) is 61.2. The Hall–Kier alpha value is -6.91. The van der Waals surface area contributed by atoms with E-state index in [4.69, 9.17) is 19.4 Å². The molecule has 4 heteroatoms. The topological polar surface area (TPSA) is 51.8 Å². The van der Waals surface area contributed by atoms with Crippen LogP contribution in [0.5, 0.6) is 0 Å². The van der Waals surface area contributed by atoms with Crippen molar-refractivity contribution in [2.45, 2.75) is 0 Å². The van der Waals surface area contributed by atoms with Crippen LogP contribution in [0.25, 0.3) is 99.9 Å². The predicted molar refractivity (Wildman–Crippen MR) is 209 cm³/mol. The SMILES string of the molecule is c1ccc(-c2cccc(-c3nc(-c4ccc5ccccc5c4)nc(-c4ccc5cc(-c6cccc7oc8ccccc8c67)ccc5c4)n3)c2)cc1. The van der Waals surface area contributed by atoms with Gasteiger partial charge in [-0.3, -0.25) is 0 Å². The van der Waals surface area contributed by atoms with E-state index in [0.29, 0.717) is 17.5 Å². The zero-order valence-corrected chi connectivity index (χ0v) is 27.5. The Bertz CT molecular complexity index is 2930. The van der Waals surface area contributed by atoms with Gasteiger partial charge in [0, 0.05) is 27.5 Å². The molecule has 0 spiro atoms. The summed E-state index contributed by atoms with van der Waals surface area (Å²) in [4.78, 5) is 15.2. The van der Waals surface area contributed by atoms with Crippen molar-refractivity contribution in [1.29, 1.82) is 0 Å². The van der Waals surface area contributed by atoms with E-state index in [9.17, 15) is 0 Å². The monoisotopic (exact) mass is 651 g/mol. The first-order valence-electron chi connectivity index (χ1n) is 17.1. The van der Waals surface area contributed by atoms with Crippen molar-refractivity contribution in [2.24, 2.45) is 0 Å². The van der Waals surface area contributed by atoms with Crippen LogP contribution in [0.2, 0.25) is 0 Å². The van der Waals surface area contributed by atoms with Gasteiger partial charge >= 0.3 is 0 Å². The molecular weight excluding hydrogens is 623 g/mol. The zero-order valence-electron chi connectivity index (χ0n) is 27.5. The molecule has 0 saturated carbocycles. The second kappa shape index (κ2) is 11.9. The molecule has 238 valence electrons. The first kappa shape index (κ1) is 29.0. The summed E-state index contributed by atoms with van der Waals surface area (Å²) in [5.74, 6) is 1.91. The van der Waals surface area contributed by atoms with Gasteiger partial charge in [0.2, 0.25) is 0 Å². The molecule has 0 aliphatic carbocycles.